The fourth-order valence-corrected chi connectivity index (χ4v) is 2.38. The van der Waals surface area contributed by atoms with Gasteiger partial charge in [0.05, 0.1) is 22.3 Å². The lowest BCUT2D eigenvalue weighted by molar-refractivity contribution is 0.0698. The van der Waals surface area contributed by atoms with Gasteiger partial charge in [0.25, 0.3) is 0 Å². The number of fused-ring (bicyclic) bond motifs is 1. The van der Waals surface area contributed by atoms with E-state index in [-0.39, 0.29) is 21.8 Å². The Kier molecular flexibility index (Phi) is 3.03. The number of carboxylic acids is 1. The molecule has 1 aromatic heterocycles. The van der Waals surface area contributed by atoms with E-state index in [4.69, 9.17) is 11.6 Å². The summed E-state index contributed by atoms with van der Waals surface area (Å²) in [7, 11) is 0. The van der Waals surface area contributed by atoms with Crippen molar-refractivity contribution in [2.45, 2.75) is 0 Å². The second-order valence-electron chi connectivity index (χ2n) is 4.37. The van der Waals surface area contributed by atoms with E-state index in [1.54, 1.807) is 6.07 Å². The summed E-state index contributed by atoms with van der Waals surface area (Å²) >= 11 is 5.69. The first-order valence-electron chi connectivity index (χ1n) is 5.91. The molecule has 0 atom stereocenters. The van der Waals surface area contributed by atoms with Crippen LogP contribution in [0.4, 0.5) is 4.39 Å². The van der Waals surface area contributed by atoms with E-state index in [1.807, 2.05) is 0 Å². The number of nitrogens with one attached hydrogen (secondary N) is 1. The monoisotopic (exact) mass is 306 g/mol. The van der Waals surface area contributed by atoms with Gasteiger partial charge in [-0.2, -0.15) is 0 Å². The van der Waals surface area contributed by atoms with Crippen molar-refractivity contribution < 1.29 is 14.3 Å². The van der Waals surface area contributed by atoms with Crippen molar-refractivity contribution >= 4 is 28.6 Å². The lowest BCUT2D eigenvalue weighted by atomic mass is 10.1. The first-order chi connectivity index (χ1) is 9.99. The molecule has 0 saturated heterocycles. The molecule has 0 unspecified atom stereocenters. The predicted octanol–water partition coefficient (Wildman–Crippen LogP) is 2.81. The normalized spacial score (nSPS) is 11.0. The summed E-state index contributed by atoms with van der Waals surface area (Å²) in [6.45, 7) is 0. The van der Waals surface area contributed by atoms with Gasteiger partial charge in [-0.05, 0) is 30.3 Å². The van der Waals surface area contributed by atoms with Crippen molar-refractivity contribution in [2.24, 2.45) is 0 Å². The lowest BCUT2D eigenvalue weighted by Gasteiger charge is -2.07. The maximum atomic E-state index is 14.0. The summed E-state index contributed by atoms with van der Waals surface area (Å²) in [6, 6.07) is 8.21. The van der Waals surface area contributed by atoms with Crippen LogP contribution in [0.2, 0.25) is 5.02 Å². The fraction of sp³-hybridized carbons (Fsp3) is 0. The molecule has 2 aromatic carbocycles. The average Bonchev–Trinajstić information content (AvgIpc) is 2.74. The van der Waals surface area contributed by atoms with Crippen molar-refractivity contribution in [3.8, 4) is 5.69 Å². The molecular weight excluding hydrogens is 299 g/mol. The van der Waals surface area contributed by atoms with Crippen molar-refractivity contribution in [1.29, 1.82) is 0 Å². The minimum atomic E-state index is -1.21. The highest BCUT2D eigenvalue weighted by Gasteiger charge is 2.18. The number of halogens is 2. The van der Waals surface area contributed by atoms with E-state index in [0.29, 0.717) is 5.52 Å². The van der Waals surface area contributed by atoms with Gasteiger partial charge in [-0.25, -0.2) is 14.0 Å². The van der Waals surface area contributed by atoms with E-state index in [0.717, 1.165) is 10.6 Å². The van der Waals surface area contributed by atoms with Gasteiger partial charge in [0.15, 0.2) is 0 Å². The molecule has 1 heterocycles. The zero-order valence-electron chi connectivity index (χ0n) is 10.4. The molecule has 7 heteroatoms. The molecule has 5 nitrogen and oxygen atoms in total. The lowest BCUT2D eigenvalue weighted by Crippen LogP contribution is -2.17. The van der Waals surface area contributed by atoms with Crippen LogP contribution in [0.25, 0.3) is 16.7 Å². The highest BCUT2D eigenvalue weighted by atomic mass is 35.5. The van der Waals surface area contributed by atoms with Crippen LogP contribution in [-0.2, 0) is 0 Å². The fourth-order valence-electron chi connectivity index (χ4n) is 2.22. The molecule has 0 saturated carbocycles. The minimum Gasteiger partial charge on any atom is -0.478 e. The molecule has 3 aromatic rings. The van der Waals surface area contributed by atoms with Crippen LogP contribution in [0.5, 0.6) is 0 Å². The Balaban J connectivity index is 2.45. The maximum Gasteiger partial charge on any atom is 0.337 e. The highest BCUT2D eigenvalue weighted by Crippen LogP contribution is 2.23. The number of aromatic carboxylic acids is 1. The maximum absolute atomic E-state index is 14.0. The molecule has 0 aliphatic heterocycles. The van der Waals surface area contributed by atoms with Gasteiger partial charge in [-0.1, -0.05) is 17.7 Å². The number of imidazole rings is 1. The number of nitrogens with zero attached hydrogens (tertiary/aromatic N) is 1. The highest BCUT2D eigenvalue weighted by molar-refractivity contribution is 6.30. The third-order valence-corrected chi connectivity index (χ3v) is 3.32. The van der Waals surface area contributed by atoms with Gasteiger partial charge < -0.3 is 10.1 Å². The van der Waals surface area contributed by atoms with Gasteiger partial charge in [0.1, 0.15) is 5.82 Å². The number of hydrogen-bond donors (Lipinski definition) is 2. The zero-order chi connectivity index (χ0) is 15.1. The number of carbonyl (C=O) groups is 1. The van der Waals surface area contributed by atoms with E-state index in [1.165, 1.54) is 24.3 Å². The quantitative estimate of drug-likeness (QED) is 0.764. The largest absolute Gasteiger partial charge is 0.478 e. The Bertz CT molecular complexity index is 930. The molecule has 0 spiro atoms. The molecule has 0 fully saturated rings. The third-order valence-electron chi connectivity index (χ3n) is 3.09. The number of aromatic nitrogens is 2. The standard InChI is InChI=1S/C14H8ClFN2O3/c15-7-4-5-11(9(16)6-7)18-12-8(13(19)20)2-1-3-10(12)17-14(18)21/h1-6H,(H,17,21)(H,19,20). The molecule has 21 heavy (non-hydrogen) atoms. The Morgan fingerprint density at radius 2 is 2.05 bits per heavy atom. The third kappa shape index (κ3) is 2.09. The van der Waals surface area contributed by atoms with Crippen molar-refractivity contribution in [2.75, 3.05) is 0 Å². The number of carboxylic acid groups (broad SMARTS) is 1. The first-order valence-corrected chi connectivity index (χ1v) is 6.29. The molecule has 0 radical (unpaired) electrons. The molecule has 0 amide bonds. The van der Waals surface area contributed by atoms with Crippen LogP contribution < -0.4 is 5.69 Å². The Morgan fingerprint density at radius 3 is 2.71 bits per heavy atom. The first kappa shape index (κ1) is 13.4. The van der Waals surface area contributed by atoms with Gasteiger partial charge in [-0.3, -0.25) is 4.57 Å². The molecule has 0 aliphatic rings. The molecule has 0 bridgehead atoms. The second kappa shape index (κ2) is 4.75. The summed E-state index contributed by atoms with van der Waals surface area (Å²) < 4.78 is 15.0. The summed E-state index contributed by atoms with van der Waals surface area (Å²) in [5.74, 6) is -1.92. The summed E-state index contributed by atoms with van der Waals surface area (Å²) in [6.07, 6.45) is 0. The van der Waals surface area contributed by atoms with Crippen LogP contribution in [0, 0.1) is 5.82 Å². The van der Waals surface area contributed by atoms with E-state index in [2.05, 4.69) is 4.98 Å². The van der Waals surface area contributed by atoms with E-state index < -0.39 is 17.5 Å². The van der Waals surface area contributed by atoms with Crippen molar-refractivity contribution in [3.63, 3.8) is 0 Å². The molecule has 2 N–H and O–H groups in total. The predicted molar refractivity (Wildman–Crippen MR) is 75.8 cm³/mol. The Hall–Kier alpha value is -2.60. The van der Waals surface area contributed by atoms with Crippen LogP contribution in [0.1, 0.15) is 10.4 Å². The summed E-state index contributed by atoms with van der Waals surface area (Å²) in [5.41, 5.74) is -0.366. The second-order valence-corrected chi connectivity index (χ2v) is 4.80. The molecule has 3 rings (SSSR count). The smallest absolute Gasteiger partial charge is 0.337 e. The number of hydrogen-bond acceptors (Lipinski definition) is 2. The Morgan fingerprint density at radius 1 is 1.29 bits per heavy atom. The van der Waals surface area contributed by atoms with Gasteiger partial charge in [0, 0.05) is 5.02 Å². The van der Waals surface area contributed by atoms with Gasteiger partial charge in [-0.15, -0.1) is 0 Å². The van der Waals surface area contributed by atoms with Crippen LogP contribution >= 0.6 is 11.6 Å². The topological polar surface area (TPSA) is 75.1 Å². The number of benzene rings is 2. The SMILES string of the molecule is O=C(O)c1cccc2[nH]c(=O)n(-c3ccc(Cl)cc3F)c12. The molecule has 0 aliphatic carbocycles. The number of para-hydroxylation sites is 1. The van der Waals surface area contributed by atoms with Crippen LogP contribution in [-0.4, -0.2) is 20.6 Å². The number of aromatic amines is 1. The summed E-state index contributed by atoms with van der Waals surface area (Å²) in [5, 5.41) is 9.42. The van der Waals surface area contributed by atoms with Crippen LogP contribution in [0.3, 0.4) is 0 Å². The van der Waals surface area contributed by atoms with E-state index in [9.17, 15) is 19.1 Å². The number of H-pyrrole nitrogens is 1. The minimum absolute atomic E-state index is 0.0654. The number of rotatable bonds is 2. The van der Waals surface area contributed by atoms with Crippen molar-refractivity contribution in [3.05, 3.63) is 63.3 Å². The summed E-state index contributed by atoms with van der Waals surface area (Å²) in [4.78, 5) is 25.9. The van der Waals surface area contributed by atoms with Gasteiger partial charge >= 0.3 is 11.7 Å². The molecule has 106 valence electrons. The Labute approximate surface area is 122 Å². The van der Waals surface area contributed by atoms with Crippen LogP contribution in [0.15, 0.2) is 41.2 Å². The van der Waals surface area contributed by atoms with Crippen molar-refractivity contribution in [1.82, 2.24) is 9.55 Å². The van der Waals surface area contributed by atoms with E-state index >= 15 is 0 Å². The average molecular weight is 307 g/mol. The van der Waals surface area contributed by atoms with Gasteiger partial charge in [0.2, 0.25) is 0 Å². The molecular formula is C14H8ClFN2O3. The zero-order valence-corrected chi connectivity index (χ0v) is 11.2.